The van der Waals surface area contributed by atoms with E-state index < -0.39 is 0 Å². The van der Waals surface area contributed by atoms with Crippen molar-refractivity contribution in [1.29, 1.82) is 5.26 Å². The minimum Gasteiger partial charge on any atom is -0.311 e. The number of hydrogen-bond donors (Lipinski definition) is 1. The van der Waals surface area contributed by atoms with Crippen LogP contribution in [0, 0.1) is 16.7 Å². The predicted molar refractivity (Wildman–Crippen MR) is 78.7 cm³/mol. The van der Waals surface area contributed by atoms with Gasteiger partial charge in [0.1, 0.15) is 0 Å². The molecule has 1 aliphatic carbocycles. The molecule has 0 bridgehead atoms. The molecule has 0 aliphatic heterocycles. The van der Waals surface area contributed by atoms with Gasteiger partial charge in [0.25, 0.3) is 0 Å². The van der Waals surface area contributed by atoms with Crippen LogP contribution in [0.25, 0.3) is 0 Å². The zero-order chi connectivity index (χ0) is 13.9. The molecule has 2 rings (SSSR count). The van der Waals surface area contributed by atoms with Gasteiger partial charge in [-0.25, -0.2) is 0 Å². The average molecular weight is 256 g/mol. The number of benzene rings is 1. The Morgan fingerprint density at radius 1 is 1.21 bits per heavy atom. The molecule has 0 spiro atoms. The molecule has 1 N–H and O–H groups in total. The largest absolute Gasteiger partial charge is 0.311 e. The van der Waals surface area contributed by atoms with Crippen LogP contribution in [-0.2, 0) is 12.0 Å². The van der Waals surface area contributed by atoms with Gasteiger partial charge >= 0.3 is 0 Å². The van der Waals surface area contributed by atoms with Gasteiger partial charge in [-0.1, -0.05) is 51.5 Å². The number of nitrogens with one attached hydrogen (secondary N) is 1. The summed E-state index contributed by atoms with van der Waals surface area (Å²) in [5.74, 6) is 0. The normalized spacial score (nSPS) is 17.6. The Bertz CT molecular complexity index is 456. The molecule has 0 saturated heterocycles. The van der Waals surface area contributed by atoms with E-state index in [9.17, 15) is 0 Å². The van der Waals surface area contributed by atoms with Crippen molar-refractivity contribution in [1.82, 2.24) is 5.32 Å². The highest BCUT2D eigenvalue weighted by Crippen LogP contribution is 2.39. The molecule has 1 aromatic rings. The quantitative estimate of drug-likeness (QED) is 0.890. The van der Waals surface area contributed by atoms with E-state index in [1.54, 1.807) is 0 Å². The number of rotatable bonds is 4. The van der Waals surface area contributed by atoms with E-state index in [0.29, 0.717) is 0 Å². The monoisotopic (exact) mass is 256 g/mol. The van der Waals surface area contributed by atoms with E-state index in [2.05, 4.69) is 56.4 Å². The third-order valence-corrected chi connectivity index (χ3v) is 4.16. The molecule has 102 valence electrons. The number of nitriles is 1. The maximum absolute atomic E-state index is 9.17. The lowest BCUT2D eigenvalue weighted by Crippen LogP contribution is -2.38. The first-order chi connectivity index (χ1) is 8.95. The summed E-state index contributed by atoms with van der Waals surface area (Å²) in [6.07, 6.45) is 3.31. The van der Waals surface area contributed by atoms with Crippen LogP contribution in [0.2, 0.25) is 0 Å². The summed E-state index contributed by atoms with van der Waals surface area (Å²) in [5, 5.41) is 12.6. The molecule has 0 atom stereocenters. The van der Waals surface area contributed by atoms with Crippen molar-refractivity contribution in [3.63, 3.8) is 0 Å². The molecule has 2 heteroatoms. The van der Waals surface area contributed by atoms with E-state index in [1.165, 1.54) is 17.5 Å². The van der Waals surface area contributed by atoms with Gasteiger partial charge < -0.3 is 5.32 Å². The third-order valence-electron chi connectivity index (χ3n) is 4.16. The first kappa shape index (κ1) is 14.1. The van der Waals surface area contributed by atoms with Gasteiger partial charge in [-0.2, -0.15) is 5.26 Å². The minimum atomic E-state index is -0.0780. The fraction of sp³-hybridized carbons (Fsp3) is 0.588. The zero-order valence-corrected chi connectivity index (χ0v) is 12.3. The van der Waals surface area contributed by atoms with Crippen LogP contribution in [0.1, 0.15) is 51.2 Å². The Morgan fingerprint density at radius 3 is 2.26 bits per heavy atom. The molecule has 1 aliphatic rings. The Morgan fingerprint density at radius 2 is 1.84 bits per heavy atom. The summed E-state index contributed by atoms with van der Waals surface area (Å²) in [5.41, 5.74) is 2.79. The smallest absolute Gasteiger partial charge is 0.0703 e. The van der Waals surface area contributed by atoms with E-state index >= 15 is 0 Å². The summed E-state index contributed by atoms with van der Waals surface area (Å²) in [4.78, 5) is 0. The highest BCUT2D eigenvalue weighted by atomic mass is 14.9. The predicted octanol–water partition coefficient (Wildman–Crippen LogP) is 3.77. The molecule has 0 radical (unpaired) electrons. The molecule has 1 aromatic carbocycles. The second-order valence-electron chi connectivity index (χ2n) is 6.80. The second-order valence-corrected chi connectivity index (χ2v) is 6.80. The van der Waals surface area contributed by atoms with Crippen LogP contribution in [0.5, 0.6) is 0 Å². The van der Waals surface area contributed by atoms with E-state index in [4.69, 9.17) is 5.26 Å². The molecule has 0 unspecified atom stereocenters. The van der Waals surface area contributed by atoms with Crippen molar-refractivity contribution in [2.24, 2.45) is 5.41 Å². The second kappa shape index (κ2) is 5.35. The molecule has 1 fully saturated rings. The van der Waals surface area contributed by atoms with Gasteiger partial charge in [-0.15, -0.1) is 0 Å². The Hall–Kier alpha value is -1.33. The average Bonchev–Trinajstić information content (AvgIpc) is 2.32. The molecule has 1 saturated carbocycles. The van der Waals surface area contributed by atoms with Gasteiger partial charge in [0.05, 0.1) is 11.5 Å². The molecule has 0 amide bonds. The van der Waals surface area contributed by atoms with E-state index in [0.717, 1.165) is 25.9 Å². The number of nitrogens with zero attached hydrogens (tertiary/aromatic N) is 1. The molecule has 0 aromatic heterocycles. The van der Waals surface area contributed by atoms with Gasteiger partial charge in [0.2, 0.25) is 0 Å². The summed E-state index contributed by atoms with van der Waals surface area (Å²) in [6.45, 7) is 8.37. The van der Waals surface area contributed by atoms with E-state index in [-0.39, 0.29) is 10.8 Å². The van der Waals surface area contributed by atoms with Gasteiger partial charge in [-0.05, 0) is 29.4 Å². The first-order valence-corrected chi connectivity index (χ1v) is 7.17. The van der Waals surface area contributed by atoms with Crippen molar-refractivity contribution >= 4 is 0 Å². The lowest BCUT2D eigenvalue weighted by atomic mass is 9.70. The lowest BCUT2D eigenvalue weighted by molar-refractivity contribution is 0.206. The molecule has 2 nitrogen and oxygen atoms in total. The lowest BCUT2D eigenvalue weighted by Gasteiger charge is -2.35. The highest BCUT2D eigenvalue weighted by molar-refractivity contribution is 5.27. The van der Waals surface area contributed by atoms with Crippen molar-refractivity contribution in [2.45, 2.75) is 52.0 Å². The van der Waals surface area contributed by atoms with Crippen LogP contribution >= 0.6 is 0 Å². The summed E-state index contributed by atoms with van der Waals surface area (Å²) >= 11 is 0. The fourth-order valence-electron chi connectivity index (χ4n) is 2.50. The van der Waals surface area contributed by atoms with Crippen LogP contribution in [-0.4, -0.2) is 6.54 Å². The summed E-state index contributed by atoms with van der Waals surface area (Å²) < 4.78 is 0. The van der Waals surface area contributed by atoms with Crippen LogP contribution < -0.4 is 5.32 Å². The third kappa shape index (κ3) is 3.36. The van der Waals surface area contributed by atoms with Gasteiger partial charge in [0.15, 0.2) is 0 Å². The van der Waals surface area contributed by atoms with Gasteiger partial charge in [-0.3, -0.25) is 0 Å². The standard InChI is InChI=1S/C17H24N2/c1-16(2,3)15-7-5-14(6-8-15)11-19-13-17(12-18)9-4-10-17/h5-8,19H,4,9-11,13H2,1-3H3. The maximum atomic E-state index is 9.17. The zero-order valence-electron chi connectivity index (χ0n) is 12.3. The van der Waals surface area contributed by atoms with Crippen molar-refractivity contribution in [2.75, 3.05) is 6.54 Å². The van der Waals surface area contributed by atoms with Crippen LogP contribution in [0.3, 0.4) is 0 Å². The Labute approximate surface area is 116 Å². The van der Waals surface area contributed by atoms with Crippen molar-refractivity contribution in [3.05, 3.63) is 35.4 Å². The van der Waals surface area contributed by atoms with Gasteiger partial charge in [0, 0.05) is 13.1 Å². The molecular formula is C17H24N2. The first-order valence-electron chi connectivity index (χ1n) is 7.17. The fourth-order valence-corrected chi connectivity index (χ4v) is 2.50. The minimum absolute atomic E-state index is 0.0780. The molecular weight excluding hydrogens is 232 g/mol. The topological polar surface area (TPSA) is 35.8 Å². The van der Waals surface area contributed by atoms with Crippen LogP contribution in [0.4, 0.5) is 0 Å². The Balaban J connectivity index is 1.85. The maximum Gasteiger partial charge on any atom is 0.0703 e. The van der Waals surface area contributed by atoms with E-state index in [1.807, 2.05) is 0 Å². The Kier molecular flexibility index (Phi) is 3.96. The van der Waals surface area contributed by atoms with Crippen LogP contribution in [0.15, 0.2) is 24.3 Å². The molecule has 0 heterocycles. The SMILES string of the molecule is CC(C)(C)c1ccc(CNCC2(C#N)CCC2)cc1. The number of hydrogen-bond acceptors (Lipinski definition) is 2. The summed E-state index contributed by atoms with van der Waals surface area (Å²) in [6, 6.07) is 11.3. The van der Waals surface area contributed by atoms with Crippen molar-refractivity contribution < 1.29 is 0 Å². The molecule has 19 heavy (non-hydrogen) atoms. The summed E-state index contributed by atoms with van der Waals surface area (Å²) in [7, 11) is 0. The van der Waals surface area contributed by atoms with Crippen molar-refractivity contribution in [3.8, 4) is 6.07 Å². The highest BCUT2D eigenvalue weighted by Gasteiger charge is 2.36.